The second-order valence-electron chi connectivity index (χ2n) is 3.64. The van der Waals surface area contributed by atoms with Crippen LogP contribution in [0.5, 0.6) is 0 Å². The standard InChI is InChI=1S/C8H13ClO3/c1-8(2)4-3-6(8)12-7(10)11-5-9/h6H,3-5H2,1-2H3. The summed E-state index contributed by atoms with van der Waals surface area (Å²) < 4.78 is 9.44. The molecule has 1 fully saturated rings. The summed E-state index contributed by atoms with van der Waals surface area (Å²) in [5.41, 5.74) is 0.103. The van der Waals surface area contributed by atoms with Crippen LogP contribution in [0.25, 0.3) is 0 Å². The summed E-state index contributed by atoms with van der Waals surface area (Å²) in [5, 5.41) is 0. The average molecular weight is 193 g/mol. The molecule has 0 aromatic heterocycles. The van der Waals surface area contributed by atoms with Crippen LogP contribution in [0, 0.1) is 5.41 Å². The summed E-state index contributed by atoms with van der Waals surface area (Å²) in [6.45, 7) is 4.13. The lowest BCUT2D eigenvalue weighted by molar-refractivity contribution is -0.0732. The summed E-state index contributed by atoms with van der Waals surface area (Å²) >= 11 is 5.19. The van der Waals surface area contributed by atoms with Crippen molar-refractivity contribution >= 4 is 17.8 Å². The van der Waals surface area contributed by atoms with E-state index >= 15 is 0 Å². The lowest BCUT2D eigenvalue weighted by atomic mass is 9.69. The van der Waals surface area contributed by atoms with Gasteiger partial charge in [-0.3, -0.25) is 0 Å². The number of carbonyl (C=O) groups is 1. The fourth-order valence-electron chi connectivity index (χ4n) is 1.25. The Kier molecular flexibility index (Phi) is 2.83. The van der Waals surface area contributed by atoms with Gasteiger partial charge in [0.2, 0.25) is 0 Å². The molecule has 0 aromatic carbocycles. The minimum atomic E-state index is -0.664. The highest BCUT2D eigenvalue weighted by Crippen LogP contribution is 2.42. The van der Waals surface area contributed by atoms with E-state index in [9.17, 15) is 4.79 Å². The van der Waals surface area contributed by atoms with E-state index in [0.717, 1.165) is 12.8 Å². The van der Waals surface area contributed by atoms with Crippen LogP contribution in [-0.2, 0) is 9.47 Å². The molecule has 0 spiro atoms. The Hall–Kier alpha value is -0.440. The van der Waals surface area contributed by atoms with E-state index in [1.165, 1.54) is 0 Å². The van der Waals surface area contributed by atoms with Gasteiger partial charge in [0.05, 0.1) is 0 Å². The summed E-state index contributed by atoms with van der Waals surface area (Å²) in [6.07, 6.45) is 1.34. The Bertz CT molecular complexity index is 179. The highest BCUT2D eigenvalue weighted by atomic mass is 35.5. The number of halogens is 1. The number of hydrogen-bond acceptors (Lipinski definition) is 3. The van der Waals surface area contributed by atoms with Gasteiger partial charge in [0.15, 0.2) is 6.07 Å². The zero-order valence-corrected chi connectivity index (χ0v) is 8.06. The van der Waals surface area contributed by atoms with E-state index in [0.29, 0.717) is 0 Å². The van der Waals surface area contributed by atoms with Crippen molar-refractivity contribution < 1.29 is 14.3 Å². The molecule has 12 heavy (non-hydrogen) atoms. The molecule has 0 aromatic rings. The number of ether oxygens (including phenoxy) is 2. The molecule has 1 aliphatic carbocycles. The van der Waals surface area contributed by atoms with Crippen molar-refractivity contribution in [1.82, 2.24) is 0 Å². The lowest BCUT2D eigenvalue weighted by Crippen LogP contribution is -2.43. The van der Waals surface area contributed by atoms with Crippen LogP contribution in [0.2, 0.25) is 0 Å². The molecule has 0 bridgehead atoms. The quantitative estimate of drug-likeness (QED) is 0.498. The summed E-state index contributed by atoms with van der Waals surface area (Å²) in [7, 11) is 0. The van der Waals surface area contributed by atoms with Gasteiger partial charge >= 0.3 is 6.16 Å². The second kappa shape index (κ2) is 3.52. The minimum Gasteiger partial charge on any atom is -0.430 e. The molecule has 0 saturated heterocycles. The first kappa shape index (κ1) is 9.65. The predicted octanol–water partition coefficient (Wildman–Crippen LogP) is 2.52. The van der Waals surface area contributed by atoms with Gasteiger partial charge in [0, 0.05) is 5.41 Å². The number of hydrogen-bond donors (Lipinski definition) is 0. The third-order valence-corrected chi connectivity index (χ3v) is 2.44. The monoisotopic (exact) mass is 192 g/mol. The Labute approximate surface area is 77.0 Å². The predicted molar refractivity (Wildman–Crippen MR) is 45.1 cm³/mol. The van der Waals surface area contributed by atoms with Crippen molar-refractivity contribution in [2.45, 2.75) is 32.8 Å². The van der Waals surface area contributed by atoms with Gasteiger partial charge in [-0.2, -0.15) is 0 Å². The second-order valence-corrected chi connectivity index (χ2v) is 3.86. The first-order valence-electron chi connectivity index (χ1n) is 3.95. The maximum absolute atomic E-state index is 10.8. The molecule has 0 radical (unpaired) electrons. The average Bonchev–Trinajstić information content (AvgIpc) is 1.99. The van der Waals surface area contributed by atoms with Gasteiger partial charge in [-0.05, 0) is 12.8 Å². The van der Waals surface area contributed by atoms with Gasteiger partial charge in [-0.25, -0.2) is 4.79 Å². The zero-order chi connectivity index (χ0) is 9.19. The van der Waals surface area contributed by atoms with Gasteiger partial charge in [0.1, 0.15) is 6.10 Å². The molecular weight excluding hydrogens is 180 g/mol. The topological polar surface area (TPSA) is 35.5 Å². The molecule has 3 nitrogen and oxygen atoms in total. The molecule has 1 aliphatic rings. The molecule has 0 N–H and O–H groups in total. The smallest absolute Gasteiger partial charge is 0.430 e. The molecular formula is C8H13ClO3. The molecule has 1 atom stereocenters. The maximum atomic E-state index is 10.8. The fourth-order valence-corrected chi connectivity index (χ4v) is 1.34. The molecule has 0 amide bonds. The maximum Gasteiger partial charge on any atom is 0.509 e. The van der Waals surface area contributed by atoms with Crippen LogP contribution in [0.1, 0.15) is 26.7 Å². The summed E-state index contributed by atoms with van der Waals surface area (Å²) in [4.78, 5) is 10.8. The van der Waals surface area contributed by atoms with E-state index in [-0.39, 0.29) is 17.6 Å². The first-order valence-corrected chi connectivity index (χ1v) is 4.49. The normalized spacial score (nSPS) is 25.8. The molecule has 1 saturated carbocycles. The molecule has 0 heterocycles. The van der Waals surface area contributed by atoms with Crippen molar-refractivity contribution in [3.8, 4) is 0 Å². The van der Waals surface area contributed by atoms with Crippen molar-refractivity contribution in [3.63, 3.8) is 0 Å². The Balaban J connectivity index is 2.28. The Morgan fingerprint density at radius 1 is 1.67 bits per heavy atom. The van der Waals surface area contributed by atoms with Crippen LogP contribution in [0.4, 0.5) is 4.79 Å². The van der Waals surface area contributed by atoms with E-state index in [1.807, 2.05) is 0 Å². The van der Waals surface area contributed by atoms with Gasteiger partial charge in [0.25, 0.3) is 0 Å². The first-order chi connectivity index (χ1) is 5.56. The molecule has 1 unspecified atom stereocenters. The van der Waals surface area contributed by atoms with E-state index < -0.39 is 6.16 Å². The van der Waals surface area contributed by atoms with Crippen LogP contribution in [0.15, 0.2) is 0 Å². The zero-order valence-electron chi connectivity index (χ0n) is 7.30. The van der Waals surface area contributed by atoms with Crippen molar-refractivity contribution in [2.75, 3.05) is 6.07 Å². The van der Waals surface area contributed by atoms with Crippen molar-refractivity contribution in [3.05, 3.63) is 0 Å². The minimum absolute atomic E-state index is 0.00628. The van der Waals surface area contributed by atoms with Gasteiger partial charge < -0.3 is 9.47 Å². The van der Waals surface area contributed by atoms with E-state index in [4.69, 9.17) is 16.3 Å². The molecule has 1 rings (SSSR count). The number of alkyl halides is 1. The summed E-state index contributed by atoms with van der Waals surface area (Å²) in [6, 6.07) is -0.147. The summed E-state index contributed by atoms with van der Waals surface area (Å²) in [5.74, 6) is 0. The van der Waals surface area contributed by atoms with Crippen LogP contribution in [0.3, 0.4) is 0 Å². The van der Waals surface area contributed by atoms with Crippen molar-refractivity contribution in [2.24, 2.45) is 5.41 Å². The third kappa shape index (κ3) is 2.03. The fraction of sp³-hybridized carbons (Fsp3) is 0.875. The molecule has 70 valence electrons. The van der Waals surface area contributed by atoms with Crippen molar-refractivity contribution in [1.29, 1.82) is 0 Å². The highest BCUT2D eigenvalue weighted by molar-refractivity contribution is 6.17. The largest absolute Gasteiger partial charge is 0.509 e. The third-order valence-electron chi connectivity index (χ3n) is 2.33. The molecule has 4 heteroatoms. The lowest BCUT2D eigenvalue weighted by Gasteiger charge is -2.42. The number of carbonyl (C=O) groups excluding carboxylic acids is 1. The SMILES string of the molecule is CC1(C)CCC1OC(=O)OCCl. The number of rotatable bonds is 2. The van der Waals surface area contributed by atoms with E-state index in [1.54, 1.807) is 0 Å². The highest BCUT2D eigenvalue weighted by Gasteiger charge is 2.41. The van der Waals surface area contributed by atoms with Crippen LogP contribution >= 0.6 is 11.6 Å². The van der Waals surface area contributed by atoms with Gasteiger partial charge in [-0.1, -0.05) is 25.4 Å². The van der Waals surface area contributed by atoms with Gasteiger partial charge in [-0.15, -0.1) is 0 Å². The Morgan fingerprint density at radius 3 is 2.67 bits per heavy atom. The molecule has 0 aliphatic heterocycles. The Morgan fingerprint density at radius 2 is 2.33 bits per heavy atom. The van der Waals surface area contributed by atoms with Crippen LogP contribution < -0.4 is 0 Å². The van der Waals surface area contributed by atoms with Crippen LogP contribution in [-0.4, -0.2) is 18.3 Å². The van der Waals surface area contributed by atoms with E-state index in [2.05, 4.69) is 18.6 Å².